The van der Waals surface area contributed by atoms with Gasteiger partial charge in [-0.3, -0.25) is 67.9 Å². The molecule has 760 valence electrons. The van der Waals surface area contributed by atoms with Crippen molar-refractivity contribution in [3.8, 4) is 23.0 Å². The van der Waals surface area contributed by atoms with Gasteiger partial charge < -0.3 is 111 Å². The summed E-state index contributed by atoms with van der Waals surface area (Å²) in [4.78, 5) is 185. The van der Waals surface area contributed by atoms with E-state index in [1.807, 2.05) is 34.6 Å². The minimum Gasteiger partial charge on any atom is -1.00 e. The summed E-state index contributed by atoms with van der Waals surface area (Å²) in [7, 11) is 1.14. The van der Waals surface area contributed by atoms with E-state index < -0.39 is 68.8 Å². The van der Waals surface area contributed by atoms with E-state index in [9.17, 15) is 89.8 Å². The zero-order valence-electron chi connectivity index (χ0n) is 79.9. The van der Waals surface area contributed by atoms with Gasteiger partial charge in [-0.2, -0.15) is 0 Å². The molecule has 7 amide bonds. The van der Waals surface area contributed by atoms with Gasteiger partial charge in [-0.25, -0.2) is 22.4 Å². The predicted octanol–water partition coefficient (Wildman–Crippen LogP) is 5.23. The molecular formula is C98H127F5N16O19Pd-2. The topological polar surface area (TPSA) is 444 Å². The summed E-state index contributed by atoms with van der Waals surface area (Å²) >= 11 is 0. The van der Waals surface area contributed by atoms with Crippen LogP contribution in [-0.4, -0.2) is 219 Å². The summed E-state index contributed by atoms with van der Waals surface area (Å²) in [6.45, 7) is 27.0. The van der Waals surface area contributed by atoms with E-state index in [4.69, 9.17) is 30.4 Å². The van der Waals surface area contributed by atoms with E-state index in [0.29, 0.717) is 106 Å². The van der Waals surface area contributed by atoms with Crippen LogP contribution in [0.5, 0.6) is 23.0 Å². The Balaban J connectivity index is 0.000000317. The molecule has 0 bridgehead atoms. The minimum absolute atomic E-state index is 0. The molecule has 8 aromatic rings. The maximum Gasteiger partial charge on any atom is 0.358 e. The van der Waals surface area contributed by atoms with Crippen molar-refractivity contribution in [2.75, 3.05) is 92.4 Å². The fourth-order valence-corrected chi connectivity index (χ4v) is 15.4. The first-order chi connectivity index (χ1) is 65.1. The van der Waals surface area contributed by atoms with E-state index in [0.717, 1.165) is 82.4 Å². The number of unbranched alkanes of at least 4 members (excludes halogenated alkanes) is 3. The fraction of sp³-hybridized carbons (Fsp3) is 0.439. The Morgan fingerprint density at radius 1 is 0.482 bits per heavy atom. The predicted molar refractivity (Wildman–Crippen MR) is 506 cm³/mol. The number of nitrogens with two attached hydrogens (primary N) is 2. The average Bonchev–Trinajstić information content (AvgIpc) is 1.48. The number of methoxy groups -OCH3 is 1. The van der Waals surface area contributed by atoms with E-state index in [1.165, 1.54) is 96.0 Å². The Labute approximate surface area is 818 Å². The number of pyridine rings is 4. The molecule has 3 saturated heterocycles. The van der Waals surface area contributed by atoms with Gasteiger partial charge in [0.1, 0.15) is 76.6 Å². The van der Waals surface area contributed by atoms with Crippen LogP contribution in [0.1, 0.15) is 208 Å². The molecular weight excluding hydrogens is 1910 g/mol. The number of carbonyl (C=O) groups excluding carboxylic acids is 10. The van der Waals surface area contributed by atoms with Crippen molar-refractivity contribution < 1.29 is 116 Å². The molecule has 6 aliphatic heterocycles. The number of nitrogens with one attached hydrogen (secondary N) is 5. The zero-order valence-corrected chi connectivity index (χ0v) is 81.5. The molecule has 41 heteroatoms. The van der Waals surface area contributed by atoms with Gasteiger partial charge in [0, 0.05) is 144 Å². The maximum absolute atomic E-state index is 13.5. The van der Waals surface area contributed by atoms with E-state index >= 15 is 0 Å². The number of carbonyl (C=O) groups is 10. The number of fused-ring (bicyclic) bond motifs is 6. The van der Waals surface area contributed by atoms with Gasteiger partial charge in [-0.05, 0) is 102 Å². The molecule has 14 rings (SSSR count). The number of esters is 1. The third kappa shape index (κ3) is 30.3. The molecule has 0 spiro atoms. The number of aldehydes is 2. The summed E-state index contributed by atoms with van der Waals surface area (Å²) in [5.74, 6) is -5.93. The van der Waals surface area contributed by atoms with Crippen LogP contribution in [0, 0.1) is 48.4 Å². The van der Waals surface area contributed by atoms with Crippen LogP contribution < -0.4 is 78.7 Å². The first-order valence-corrected chi connectivity index (χ1v) is 45.5. The summed E-state index contributed by atoms with van der Waals surface area (Å²) < 4.78 is 80.1. The van der Waals surface area contributed by atoms with Gasteiger partial charge in [-0.1, -0.05) is 130 Å². The number of benzene rings is 4. The summed E-state index contributed by atoms with van der Waals surface area (Å²) in [5, 5.41) is 24.3. The van der Waals surface area contributed by atoms with Crippen molar-refractivity contribution in [1.82, 2.24) is 69.4 Å². The van der Waals surface area contributed by atoms with Crippen LogP contribution in [0.3, 0.4) is 0 Å². The second kappa shape index (κ2) is 55.6. The molecule has 0 aliphatic carbocycles. The van der Waals surface area contributed by atoms with Crippen LogP contribution in [0.4, 0.5) is 17.6 Å². The Morgan fingerprint density at radius 2 is 0.806 bits per heavy atom. The molecule has 10 heterocycles. The van der Waals surface area contributed by atoms with Crippen molar-refractivity contribution in [3.05, 3.63) is 261 Å². The van der Waals surface area contributed by atoms with Crippen LogP contribution in [0.2, 0.25) is 0 Å². The third-order valence-corrected chi connectivity index (χ3v) is 22.3. The second-order valence-corrected chi connectivity index (χ2v) is 34.0. The van der Waals surface area contributed by atoms with Crippen molar-refractivity contribution in [1.29, 1.82) is 0 Å². The van der Waals surface area contributed by atoms with Crippen LogP contribution >= 0.6 is 0 Å². The zero-order chi connectivity index (χ0) is 99.1. The van der Waals surface area contributed by atoms with Gasteiger partial charge in [0.15, 0.2) is 45.8 Å². The number of rotatable bonds is 33. The molecule has 0 radical (unpaired) electrons. The van der Waals surface area contributed by atoms with Gasteiger partial charge in [0.05, 0.1) is 53.1 Å². The molecule has 139 heavy (non-hydrogen) atoms. The molecule has 10 N–H and O–H groups in total. The number of ether oxygens (including phenoxy) is 4. The standard InChI is InChI=1S/C26H33FN4O4.2C22H25FN4O4.C21H23FN2O6.C4H8O.C2H8N2.CH3.FH.Pd.H2/c1-4-5-12-35-24-22-26(34)31-11-10-29(14-17(2)3)21(31)16-30(22)15-20(23(24)32)25(33)28-13-18-6-8-19(27)9-7-18;1-13(2)10-25-7-8-27-17(25)12-26-11-16(19(28)20(29)18(26)22(27)31)21(30)24-9-14-3-5-15(23)6-4-14;1-2-3-10-31-20-18-22(30)27-9-8-24-17(27)13-26(18)12-16(19(20)28)21(29)25-11-14-4-6-15(23)7-5-14;1-3-4-11-30-19-17(21(28)29-2)24(9-10-25)13-16(18(19)26)20(27)23-12-14-5-7-15(22)8-6-14;1-4(2)3-5;3-1-2-4;;;;/h6-9,15,17,21H,4-5,10-14,16H2,1-3H3,(H,28,33);3-6,11,13,17,29H,7-10,12H2,1-2H3,(H,24,30);4-7,12,17,24H,2-3,8-11,13H2,1H3,(H,25,29);5-8,10,13H,3-4,9,11-12H2,1-2H3,(H,23,27);3-4H,1-2H3;1-4H2;1H3;1H;;1H/q;;;;;;-1;;;/p-1. The number of hydrogen-bond acceptors (Lipinski definition) is 24. The molecule has 4 aromatic heterocycles. The van der Waals surface area contributed by atoms with Crippen LogP contribution in [0.25, 0.3) is 0 Å². The van der Waals surface area contributed by atoms with Gasteiger partial charge >= 0.3 is 5.97 Å². The van der Waals surface area contributed by atoms with Crippen LogP contribution in [0.15, 0.2) is 141 Å². The van der Waals surface area contributed by atoms with E-state index in [1.54, 1.807) is 48.1 Å². The number of aromatic nitrogens is 4. The Morgan fingerprint density at radius 3 is 1.14 bits per heavy atom. The number of aromatic hydroxyl groups is 1. The fourth-order valence-electron chi connectivity index (χ4n) is 15.4. The van der Waals surface area contributed by atoms with Gasteiger partial charge in [0.2, 0.25) is 21.7 Å². The third-order valence-electron chi connectivity index (χ3n) is 22.3. The first-order valence-electron chi connectivity index (χ1n) is 45.5. The van der Waals surface area contributed by atoms with Gasteiger partial charge in [0.25, 0.3) is 41.4 Å². The van der Waals surface area contributed by atoms with Gasteiger partial charge in [-0.15, -0.1) is 0 Å². The number of nitrogens with zero attached hydrogens (tertiary/aromatic N) is 9. The van der Waals surface area contributed by atoms with Crippen molar-refractivity contribution >= 4 is 59.9 Å². The minimum atomic E-state index is -0.882. The SMILES string of the molecule is CC(C)C=O.CC(C)CN1CCN2C(=O)c3c(O)c(=O)c(C(=O)NCc4ccc(F)cc4)cn3CC12.CCCCOc1c(C(=O)OC)n(CC=O)cc(C(=O)NCc2ccc(F)cc2)c1=O.CCCCOc1c2n(cc(C(=O)NCc3ccc(F)cc3)c1=O)CC1N(CC(C)C)CCN1C2=O.CCCCOc1c2n(cc(C(=O)NCc3ccc(F)cc3)c1=O)CC1NCCN1C2=O.NCCN.[CH3-].[F-].[HH].[Pd]. The summed E-state index contributed by atoms with van der Waals surface area (Å²) in [5.41, 5.74) is 9.05. The monoisotopic (exact) mass is 2030 g/mol. The average molecular weight is 2030 g/mol. The Kier molecular flexibility index (Phi) is 45.9. The molecule has 0 saturated carbocycles. The largest absolute Gasteiger partial charge is 1.00 e. The molecule has 4 aromatic carbocycles. The molecule has 3 unspecified atom stereocenters. The normalized spacial score (nSPS) is 15.1. The molecule has 3 fully saturated rings. The van der Waals surface area contributed by atoms with E-state index in [-0.39, 0.29) is 202 Å². The summed E-state index contributed by atoms with van der Waals surface area (Å²) in [6.07, 6.45) is 10.9. The second-order valence-electron chi connectivity index (χ2n) is 34.0. The Hall–Kier alpha value is -12.9. The van der Waals surface area contributed by atoms with E-state index in [2.05, 4.69) is 64.1 Å². The maximum atomic E-state index is 13.5. The van der Waals surface area contributed by atoms with Crippen LogP contribution in [-0.2, 0) is 87.1 Å². The van der Waals surface area contributed by atoms with Crippen molar-refractivity contribution in [3.63, 3.8) is 0 Å². The quantitative estimate of drug-likeness (QED) is 0.00651. The first kappa shape index (κ1) is 115. The number of amides is 7. The van der Waals surface area contributed by atoms with Crippen molar-refractivity contribution in [2.24, 2.45) is 29.2 Å². The van der Waals surface area contributed by atoms with Crippen molar-refractivity contribution in [2.45, 2.75) is 172 Å². The number of halogens is 5. The molecule has 6 aliphatic rings. The number of hydrogen-bond donors (Lipinski definition) is 8. The smallest absolute Gasteiger partial charge is 0.358 e. The molecule has 35 nitrogen and oxygen atoms in total. The Bertz CT molecular complexity index is 5800. The summed E-state index contributed by atoms with van der Waals surface area (Å²) in [6, 6.07) is 22.7. The molecule has 3 atom stereocenters.